The first-order valence-corrected chi connectivity index (χ1v) is 6.19. The molecule has 0 spiro atoms. The third-order valence-electron chi connectivity index (χ3n) is 3.63. The van der Waals surface area contributed by atoms with Crippen molar-refractivity contribution in [2.75, 3.05) is 19.8 Å². The Bertz CT molecular complexity index is 349. The van der Waals surface area contributed by atoms with Gasteiger partial charge in [0.25, 0.3) is 0 Å². The van der Waals surface area contributed by atoms with Gasteiger partial charge in [0.2, 0.25) is 0 Å². The lowest BCUT2D eigenvalue weighted by molar-refractivity contribution is 0.0675. The maximum atomic E-state index is 9.23. The van der Waals surface area contributed by atoms with E-state index in [0.29, 0.717) is 12.6 Å². The number of hydrogen-bond acceptors (Lipinski definition) is 3. The summed E-state index contributed by atoms with van der Waals surface area (Å²) in [4.78, 5) is 0. The molecule has 0 bridgehead atoms. The highest BCUT2D eigenvalue weighted by Crippen LogP contribution is 2.22. The minimum atomic E-state index is -0.422. The highest BCUT2D eigenvalue weighted by atomic mass is 16.3. The van der Waals surface area contributed by atoms with Crippen LogP contribution in [0.5, 0.6) is 0 Å². The topological polar surface area (TPSA) is 52.5 Å². The van der Waals surface area contributed by atoms with Gasteiger partial charge in [-0.25, -0.2) is 0 Å². The number of hydrogen-bond donors (Lipinski definition) is 3. The molecule has 1 aliphatic carbocycles. The first-order valence-electron chi connectivity index (χ1n) is 6.19. The van der Waals surface area contributed by atoms with Gasteiger partial charge in [-0.3, -0.25) is 0 Å². The molecule has 0 heterocycles. The Morgan fingerprint density at radius 2 is 1.71 bits per heavy atom. The lowest BCUT2D eigenvalue weighted by atomic mass is 9.92. The maximum absolute atomic E-state index is 9.23. The van der Waals surface area contributed by atoms with Crippen molar-refractivity contribution >= 4 is 0 Å². The van der Waals surface area contributed by atoms with Crippen LogP contribution < -0.4 is 5.32 Å². The molecule has 0 amide bonds. The molecule has 2 rings (SSSR count). The van der Waals surface area contributed by atoms with Crippen molar-refractivity contribution in [3.05, 3.63) is 35.4 Å². The van der Waals surface area contributed by atoms with Crippen molar-refractivity contribution in [1.29, 1.82) is 0 Å². The summed E-state index contributed by atoms with van der Waals surface area (Å²) < 4.78 is 0. The van der Waals surface area contributed by atoms with Gasteiger partial charge >= 0.3 is 0 Å². The van der Waals surface area contributed by atoms with E-state index < -0.39 is 5.41 Å². The van der Waals surface area contributed by atoms with E-state index in [1.54, 1.807) is 0 Å². The van der Waals surface area contributed by atoms with Gasteiger partial charge in [0.1, 0.15) is 0 Å². The Morgan fingerprint density at radius 3 is 2.18 bits per heavy atom. The molecule has 0 radical (unpaired) electrons. The highest BCUT2D eigenvalue weighted by Gasteiger charge is 2.26. The van der Waals surface area contributed by atoms with Gasteiger partial charge in [0.05, 0.1) is 13.2 Å². The van der Waals surface area contributed by atoms with Gasteiger partial charge in [-0.2, -0.15) is 0 Å². The van der Waals surface area contributed by atoms with Gasteiger partial charge in [0, 0.05) is 18.0 Å². The van der Waals surface area contributed by atoms with Crippen LogP contribution in [0.1, 0.15) is 18.1 Å². The number of aliphatic hydroxyl groups is 2. The molecule has 1 aliphatic rings. The van der Waals surface area contributed by atoms with Gasteiger partial charge in [-0.05, 0) is 24.0 Å². The Morgan fingerprint density at radius 1 is 1.18 bits per heavy atom. The molecule has 0 unspecified atom stereocenters. The monoisotopic (exact) mass is 235 g/mol. The number of fused-ring (bicyclic) bond motifs is 1. The second-order valence-electron chi connectivity index (χ2n) is 5.38. The third kappa shape index (κ3) is 2.86. The van der Waals surface area contributed by atoms with Crippen LogP contribution in [0, 0.1) is 5.41 Å². The summed E-state index contributed by atoms with van der Waals surface area (Å²) >= 11 is 0. The predicted octanol–water partition coefficient (Wildman–Crippen LogP) is 0.734. The zero-order chi connectivity index (χ0) is 12.3. The van der Waals surface area contributed by atoms with E-state index in [2.05, 4.69) is 29.6 Å². The molecule has 0 fully saturated rings. The van der Waals surface area contributed by atoms with Crippen molar-refractivity contribution in [3.63, 3.8) is 0 Å². The van der Waals surface area contributed by atoms with Gasteiger partial charge in [-0.15, -0.1) is 0 Å². The molecule has 0 aromatic heterocycles. The Kier molecular flexibility index (Phi) is 3.82. The SMILES string of the molecule is CC(CO)(CO)CNC1Cc2ccccc2C1. The lowest BCUT2D eigenvalue weighted by Crippen LogP contribution is -2.42. The van der Waals surface area contributed by atoms with Crippen LogP contribution in [0.25, 0.3) is 0 Å². The van der Waals surface area contributed by atoms with E-state index in [1.807, 2.05) is 6.92 Å². The number of aliphatic hydroxyl groups excluding tert-OH is 2. The largest absolute Gasteiger partial charge is 0.396 e. The van der Waals surface area contributed by atoms with E-state index in [0.717, 1.165) is 12.8 Å². The fourth-order valence-corrected chi connectivity index (χ4v) is 2.26. The fourth-order valence-electron chi connectivity index (χ4n) is 2.26. The highest BCUT2D eigenvalue weighted by molar-refractivity contribution is 5.33. The summed E-state index contributed by atoms with van der Waals surface area (Å²) in [6, 6.07) is 8.94. The van der Waals surface area contributed by atoms with Crippen LogP contribution in [-0.4, -0.2) is 36.0 Å². The van der Waals surface area contributed by atoms with E-state index in [4.69, 9.17) is 0 Å². The fraction of sp³-hybridized carbons (Fsp3) is 0.571. The van der Waals surface area contributed by atoms with Crippen molar-refractivity contribution < 1.29 is 10.2 Å². The normalized spacial score (nSPS) is 16.2. The summed E-state index contributed by atoms with van der Waals surface area (Å²) in [6.45, 7) is 2.56. The van der Waals surface area contributed by atoms with Crippen LogP contribution >= 0.6 is 0 Å². The molecule has 0 saturated carbocycles. The first kappa shape index (κ1) is 12.6. The standard InChI is InChI=1S/C14H21NO2/c1-14(9-16,10-17)8-15-13-6-11-4-2-3-5-12(11)7-13/h2-5,13,15-17H,6-10H2,1H3. The minimum Gasteiger partial charge on any atom is -0.396 e. The smallest absolute Gasteiger partial charge is 0.0518 e. The van der Waals surface area contributed by atoms with Crippen molar-refractivity contribution in [2.45, 2.75) is 25.8 Å². The first-order chi connectivity index (χ1) is 8.17. The van der Waals surface area contributed by atoms with Crippen LogP contribution in [0.4, 0.5) is 0 Å². The average molecular weight is 235 g/mol. The van der Waals surface area contributed by atoms with Crippen LogP contribution in [0.3, 0.4) is 0 Å². The summed E-state index contributed by atoms with van der Waals surface area (Å²) in [7, 11) is 0. The van der Waals surface area contributed by atoms with Gasteiger partial charge in [0.15, 0.2) is 0 Å². The van der Waals surface area contributed by atoms with Crippen LogP contribution in [0.2, 0.25) is 0 Å². The number of nitrogens with one attached hydrogen (secondary N) is 1. The van der Waals surface area contributed by atoms with Crippen molar-refractivity contribution in [2.24, 2.45) is 5.41 Å². The molecule has 3 N–H and O–H groups in total. The quantitative estimate of drug-likeness (QED) is 0.705. The molecule has 1 aromatic carbocycles. The van der Waals surface area contributed by atoms with E-state index in [9.17, 15) is 10.2 Å². The summed E-state index contributed by atoms with van der Waals surface area (Å²) in [5.41, 5.74) is 2.41. The number of rotatable bonds is 5. The lowest BCUT2D eigenvalue weighted by Gasteiger charge is -2.27. The summed E-state index contributed by atoms with van der Waals surface area (Å²) in [5, 5.41) is 21.9. The summed E-state index contributed by atoms with van der Waals surface area (Å²) in [6.07, 6.45) is 2.09. The van der Waals surface area contributed by atoms with E-state index in [-0.39, 0.29) is 13.2 Å². The molecule has 1 aromatic rings. The van der Waals surface area contributed by atoms with Crippen molar-refractivity contribution in [3.8, 4) is 0 Å². The Hall–Kier alpha value is -0.900. The second-order valence-corrected chi connectivity index (χ2v) is 5.38. The minimum absolute atomic E-state index is 0.0101. The van der Waals surface area contributed by atoms with Crippen LogP contribution in [0.15, 0.2) is 24.3 Å². The third-order valence-corrected chi connectivity index (χ3v) is 3.63. The molecule has 94 valence electrons. The Balaban J connectivity index is 1.88. The zero-order valence-corrected chi connectivity index (χ0v) is 10.3. The molecule has 0 saturated heterocycles. The predicted molar refractivity (Wildman–Crippen MR) is 67.9 cm³/mol. The average Bonchev–Trinajstić information content (AvgIpc) is 2.79. The molecule has 17 heavy (non-hydrogen) atoms. The molecule has 0 aliphatic heterocycles. The van der Waals surface area contributed by atoms with E-state index >= 15 is 0 Å². The maximum Gasteiger partial charge on any atom is 0.0518 e. The zero-order valence-electron chi connectivity index (χ0n) is 10.3. The Labute approximate surface area is 102 Å². The van der Waals surface area contributed by atoms with Crippen molar-refractivity contribution in [1.82, 2.24) is 5.32 Å². The molecule has 3 heteroatoms. The molecule has 3 nitrogen and oxygen atoms in total. The second kappa shape index (κ2) is 5.17. The molecular weight excluding hydrogens is 214 g/mol. The summed E-state index contributed by atoms with van der Waals surface area (Å²) in [5.74, 6) is 0. The van der Waals surface area contributed by atoms with Gasteiger partial charge in [-0.1, -0.05) is 31.2 Å². The molecular formula is C14H21NO2. The van der Waals surface area contributed by atoms with E-state index in [1.165, 1.54) is 11.1 Å². The molecule has 0 atom stereocenters. The number of benzene rings is 1. The van der Waals surface area contributed by atoms with Gasteiger partial charge < -0.3 is 15.5 Å². The van der Waals surface area contributed by atoms with Crippen LogP contribution in [-0.2, 0) is 12.8 Å².